The normalized spacial score (nSPS) is 13.3. The third-order valence-electron chi connectivity index (χ3n) is 4.12. The molecule has 122 valence electrons. The van der Waals surface area contributed by atoms with Gasteiger partial charge in [0.15, 0.2) is 0 Å². The second-order valence-corrected chi connectivity index (χ2v) is 6.06. The minimum absolute atomic E-state index is 0.169. The zero-order chi connectivity index (χ0) is 16.7. The SMILES string of the molecule is CCOC(=O)[C@](C)(CCN)Cc1ccc(-c2ccccc2)cc1. The smallest absolute Gasteiger partial charge is 0.312 e. The minimum atomic E-state index is -0.570. The maximum Gasteiger partial charge on any atom is 0.312 e. The fourth-order valence-corrected chi connectivity index (χ4v) is 2.78. The van der Waals surface area contributed by atoms with Crippen molar-refractivity contribution in [1.29, 1.82) is 0 Å². The van der Waals surface area contributed by atoms with Crippen molar-refractivity contribution < 1.29 is 9.53 Å². The molecule has 0 amide bonds. The van der Waals surface area contributed by atoms with Crippen molar-refractivity contribution in [2.75, 3.05) is 13.2 Å². The van der Waals surface area contributed by atoms with Gasteiger partial charge >= 0.3 is 5.97 Å². The van der Waals surface area contributed by atoms with Gasteiger partial charge in [-0.3, -0.25) is 4.79 Å². The van der Waals surface area contributed by atoms with Gasteiger partial charge in [0.1, 0.15) is 0 Å². The Hall–Kier alpha value is -2.13. The molecule has 2 rings (SSSR count). The Labute approximate surface area is 138 Å². The van der Waals surface area contributed by atoms with E-state index in [-0.39, 0.29) is 5.97 Å². The van der Waals surface area contributed by atoms with Crippen LogP contribution in [0.5, 0.6) is 0 Å². The van der Waals surface area contributed by atoms with Crippen LogP contribution < -0.4 is 5.73 Å². The maximum atomic E-state index is 12.3. The quantitative estimate of drug-likeness (QED) is 0.791. The summed E-state index contributed by atoms with van der Waals surface area (Å²) in [5.74, 6) is -0.169. The first-order chi connectivity index (χ1) is 11.1. The van der Waals surface area contributed by atoms with Crippen molar-refractivity contribution in [3.05, 3.63) is 60.2 Å². The average Bonchev–Trinajstić information content (AvgIpc) is 2.57. The van der Waals surface area contributed by atoms with Gasteiger partial charge in [-0.15, -0.1) is 0 Å². The number of carbonyl (C=O) groups excluding carboxylic acids is 1. The molecular weight excluding hydrogens is 286 g/mol. The molecule has 2 aromatic rings. The van der Waals surface area contributed by atoms with E-state index in [1.807, 2.05) is 32.0 Å². The molecule has 0 spiro atoms. The molecule has 2 aromatic carbocycles. The van der Waals surface area contributed by atoms with E-state index in [2.05, 4.69) is 36.4 Å². The highest BCUT2D eigenvalue weighted by molar-refractivity contribution is 5.77. The first-order valence-electron chi connectivity index (χ1n) is 8.10. The second-order valence-electron chi connectivity index (χ2n) is 6.06. The summed E-state index contributed by atoms with van der Waals surface area (Å²) in [5.41, 5.74) is 8.60. The van der Waals surface area contributed by atoms with Gasteiger partial charge in [-0.25, -0.2) is 0 Å². The van der Waals surface area contributed by atoms with Crippen LogP contribution >= 0.6 is 0 Å². The molecule has 0 aliphatic heterocycles. The molecule has 0 aliphatic rings. The van der Waals surface area contributed by atoms with Crippen molar-refractivity contribution in [2.24, 2.45) is 11.1 Å². The van der Waals surface area contributed by atoms with Gasteiger partial charge in [0.25, 0.3) is 0 Å². The number of rotatable bonds is 7. The Morgan fingerprint density at radius 3 is 2.22 bits per heavy atom. The van der Waals surface area contributed by atoms with Crippen LogP contribution in [0.4, 0.5) is 0 Å². The summed E-state index contributed by atoms with van der Waals surface area (Å²) in [4.78, 5) is 12.3. The van der Waals surface area contributed by atoms with Gasteiger partial charge in [-0.1, -0.05) is 54.6 Å². The molecule has 0 heterocycles. The standard InChI is InChI=1S/C20H25NO2/c1-3-23-19(22)20(2,13-14-21)15-16-9-11-18(12-10-16)17-7-5-4-6-8-17/h4-12H,3,13-15,21H2,1-2H3/t20-/m1/s1. The van der Waals surface area contributed by atoms with Crippen molar-refractivity contribution >= 4 is 5.97 Å². The predicted octanol–water partition coefficient (Wildman–Crippen LogP) is 3.81. The zero-order valence-corrected chi connectivity index (χ0v) is 13.9. The monoisotopic (exact) mass is 311 g/mol. The van der Waals surface area contributed by atoms with E-state index in [4.69, 9.17) is 10.5 Å². The number of nitrogens with two attached hydrogens (primary N) is 1. The van der Waals surface area contributed by atoms with E-state index in [1.54, 1.807) is 0 Å². The van der Waals surface area contributed by atoms with Crippen LogP contribution in [0.25, 0.3) is 11.1 Å². The van der Waals surface area contributed by atoms with E-state index in [0.717, 1.165) is 5.56 Å². The Balaban J connectivity index is 2.16. The molecule has 3 nitrogen and oxygen atoms in total. The molecule has 0 unspecified atom stereocenters. The van der Waals surface area contributed by atoms with Crippen molar-refractivity contribution in [3.8, 4) is 11.1 Å². The predicted molar refractivity (Wildman–Crippen MR) is 94.0 cm³/mol. The van der Waals surface area contributed by atoms with Crippen LogP contribution in [-0.2, 0) is 16.0 Å². The van der Waals surface area contributed by atoms with Gasteiger partial charge in [-0.05, 0) is 49.9 Å². The topological polar surface area (TPSA) is 52.3 Å². The summed E-state index contributed by atoms with van der Waals surface area (Å²) in [6.07, 6.45) is 1.25. The lowest BCUT2D eigenvalue weighted by Gasteiger charge is -2.27. The Morgan fingerprint density at radius 1 is 1.04 bits per heavy atom. The molecular formula is C20H25NO2. The van der Waals surface area contributed by atoms with Gasteiger partial charge in [-0.2, -0.15) is 0 Å². The van der Waals surface area contributed by atoms with E-state index in [9.17, 15) is 4.79 Å². The molecule has 2 N–H and O–H groups in total. The highest BCUT2D eigenvalue weighted by atomic mass is 16.5. The summed E-state index contributed by atoms with van der Waals surface area (Å²) in [6.45, 7) is 4.63. The number of carbonyl (C=O) groups is 1. The lowest BCUT2D eigenvalue weighted by Crippen LogP contribution is -2.34. The number of benzene rings is 2. The fraction of sp³-hybridized carbons (Fsp3) is 0.350. The summed E-state index contributed by atoms with van der Waals surface area (Å²) >= 11 is 0. The molecule has 0 saturated heterocycles. The number of hydrogen-bond acceptors (Lipinski definition) is 3. The molecule has 0 aromatic heterocycles. The van der Waals surface area contributed by atoms with Crippen LogP contribution in [0.15, 0.2) is 54.6 Å². The van der Waals surface area contributed by atoms with E-state index < -0.39 is 5.41 Å². The van der Waals surface area contributed by atoms with Crippen LogP contribution in [-0.4, -0.2) is 19.1 Å². The zero-order valence-electron chi connectivity index (χ0n) is 13.9. The molecule has 1 atom stereocenters. The van der Waals surface area contributed by atoms with E-state index in [1.165, 1.54) is 11.1 Å². The molecule has 0 fully saturated rings. The Bertz CT molecular complexity index is 622. The number of esters is 1. The third-order valence-corrected chi connectivity index (χ3v) is 4.12. The van der Waals surface area contributed by atoms with Crippen LogP contribution in [0, 0.1) is 5.41 Å². The molecule has 0 bridgehead atoms. The van der Waals surface area contributed by atoms with Crippen molar-refractivity contribution in [2.45, 2.75) is 26.7 Å². The number of ether oxygens (including phenoxy) is 1. The summed E-state index contributed by atoms with van der Waals surface area (Å²) < 4.78 is 5.23. The van der Waals surface area contributed by atoms with E-state index >= 15 is 0 Å². The van der Waals surface area contributed by atoms with Gasteiger partial charge < -0.3 is 10.5 Å². The van der Waals surface area contributed by atoms with Crippen LogP contribution in [0.1, 0.15) is 25.8 Å². The molecule has 0 saturated carbocycles. The average molecular weight is 311 g/mol. The van der Waals surface area contributed by atoms with Gasteiger partial charge in [0, 0.05) is 0 Å². The highest BCUT2D eigenvalue weighted by Gasteiger charge is 2.34. The highest BCUT2D eigenvalue weighted by Crippen LogP contribution is 2.29. The summed E-state index contributed by atoms with van der Waals surface area (Å²) in [5, 5.41) is 0. The van der Waals surface area contributed by atoms with Gasteiger partial charge in [0.2, 0.25) is 0 Å². The number of hydrogen-bond donors (Lipinski definition) is 1. The van der Waals surface area contributed by atoms with Crippen molar-refractivity contribution in [3.63, 3.8) is 0 Å². The Kier molecular flexibility index (Phi) is 5.94. The first kappa shape index (κ1) is 17.2. The molecule has 3 heteroatoms. The fourth-order valence-electron chi connectivity index (χ4n) is 2.78. The summed E-state index contributed by atoms with van der Waals surface area (Å²) in [6, 6.07) is 18.6. The molecule has 0 radical (unpaired) electrons. The van der Waals surface area contributed by atoms with Crippen LogP contribution in [0.2, 0.25) is 0 Å². The third kappa shape index (κ3) is 4.42. The lowest BCUT2D eigenvalue weighted by atomic mass is 9.80. The minimum Gasteiger partial charge on any atom is -0.466 e. The van der Waals surface area contributed by atoms with E-state index in [0.29, 0.717) is 26.0 Å². The first-order valence-corrected chi connectivity index (χ1v) is 8.10. The Morgan fingerprint density at radius 2 is 1.65 bits per heavy atom. The summed E-state index contributed by atoms with van der Waals surface area (Å²) in [7, 11) is 0. The second kappa shape index (κ2) is 7.93. The largest absolute Gasteiger partial charge is 0.466 e. The molecule has 23 heavy (non-hydrogen) atoms. The van der Waals surface area contributed by atoms with Crippen molar-refractivity contribution in [1.82, 2.24) is 0 Å². The maximum absolute atomic E-state index is 12.3. The van der Waals surface area contributed by atoms with Crippen LogP contribution in [0.3, 0.4) is 0 Å². The lowest BCUT2D eigenvalue weighted by molar-refractivity contribution is -0.154. The molecule has 0 aliphatic carbocycles. The van der Waals surface area contributed by atoms with Gasteiger partial charge in [0.05, 0.1) is 12.0 Å².